The summed E-state index contributed by atoms with van der Waals surface area (Å²) in [4.78, 5) is 15.8. The van der Waals surface area contributed by atoms with E-state index < -0.39 is 8.32 Å². The zero-order valence-corrected chi connectivity index (χ0v) is 26.2. The van der Waals surface area contributed by atoms with E-state index in [1.807, 2.05) is 41.3 Å². The van der Waals surface area contributed by atoms with Crippen molar-refractivity contribution in [1.29, 1.82) is 0 Å². The van der Waals surface area contributed by atoms with Gasteiger partial charge in [0.25, 0.3) is 0 Å². The largest absolute Gasteiger partial charge is 0.445 e. The van der Waals surface area contributed by atoms with E-state index in [0.717, 1.165) is 24.8 Å². The standard InChI is InChI=1S/C34H51NO3Si/c1-7-8-9-10-11-12-19-24-30-26-32(38-39(5,6)34(2,3)4)31(25-28-20-15-13-16-21-28)35(30)33(36)37-27-29-22-17-14-18-23-29/h13-24,30-32H,7-12,25-27H2,1-6H3/b24-19+/t30-,31+,32+/m1/s1. The first-order chi connectivity index (χ1) is 18.6. The van der Waals surface area contributed by atoms with Gasteiger partial charge >= 0.3 is 6.09 Å². The maximum absolute atomic E-state index is 13.8. The molecule has 39 heavy (non-hydrogen) atoms. The van der Waals surface area contributed by atoms with Crippen LogP contribution in [0.25, 0.3) is 0 Å². The molecule has 0 aliphatic carbocycles. The molecule has 2 aromatic carbocycles. The Morgan fingerprint density at radius 3 is 2.18 bits per heavy atom. The summed E-state index contributed by atoms with van der Waals surface area (Å²) in [7, 11) is -2.05. The Balaban J connectivity index is 1.85. The van der Waals surface area contributed by atoms with Gasteiger partial charge in [-0.25, -0.2) is 4.79 Å². The zero-order valence-electron chi connectivity index (χ0n) is 25.2. The molecule has 0 saturated carbocycles. The minimum atomic E-state index is -2.05. The van der Waals surface area contributed by atoms with Gasteiger partial charge in [0.2, 0.25) is 0 Å². The topological polar surface area (TPSA) is 38.8 Å². The minimum Gasteiger partial charge on any atom is -0.445 e. The maximum atomic E-state index is 13.8. The molecule has 0 bridgehead atoms. The SMILES string of the molecule is CCCCCCC/C=C/[C@@H]1C[C@H](O[Si](C)(C)C(C)(C)C)[C@H](Cc2ccccc2)N1C(=O)OCc1ccccc1. The lowest BCUT2D eigenvalue weighted by molar-refractivity contribution is 0.0688. The summed E-state index contributed by atoms with van der Waals surface area (Å²) in [6, 6.07) is 20.3. The summed E-state index contributed by atoms with van der Waals surface area (Å²) in [5.74, 6) is 0. The molecule has 1 amide bonds. The molecular weight excluding hydrogens is 498 g/mol. The van der Waals surface area contributed by atoms with E-state index in [-0.39, 0.29) is 35.9 Å². The van der Waals surface area contributed by atoms with Crippen LogP contribution in [0.4, 0.5) is 4.79 Å². The number of hydrogen-bond acceptors (Lipinski definition) is 3. The molecule has 1 aliphatic rings. The van der Waals surface area contributed by atoms with Crippen molar-refractivity contribution in [3.8, 4) is 0 Å². The number of likely N-dealkylation sites (tertiary alicyclic amines) is 1. The number of rotatable bonds is 13. The monoisotopic (exact) mass is 549 g/mol. The maximum Gasteiger partial charge on any atom is 0.410 e. The summed E-state index contributed by atoms with van der Waals surface area (Å²) >= 11 is 0. The number of nitrogens with zero attached hydrogens (tertiary/aromatic N) is 1. The normalized spacial score (nSPS) is 20.1. The van der Waals surface area contributed by atoms with Gasteiger partial charge in [0.15, 0.2) is 8.32 Å². The summed E-state index contributed by atoms with van der Waals surface area (Å²) in [6.07, 6.45) is 13.2. The predicted octanol–water partition coefficient (Wildman–Crippen LogP) is 9.32. The number of allylic oxidation sites excluding steroid dienone is 1. The van der Waals surface area contributed by atoms with Gasteiger partial charge < -0.3 is 9.16 Å². The quantitative estimate of drug-likeness (QED) is 0.142. The Bertz CT molecular complexity index is 1020. The second-order valence-corrected chi connectivity index (χ2v) is 17.3. The molecule has 0 radical (unpaired) electrons. The molecule has 1 saturated heterocycles. The molecule has 3 atom stereocenters. The Kier molecular flexibility index (Phi) is 11.9. The molecular formula is C34H51NO3Si. The van der Waals surface area contributed by atoms with Crippen molar-refractivity contribution in [2.45, 2.75) is 122 Å². The summed E-state index contributed by atoms with van der Waals surface area (Å²) < 4.78 is 13.0. The lowest BCUT2D eigenvalue weighted by Crippen LogP contribution is -2.49. The summed E-state index contributed by atoms with van der Waals surface area (Å²) in [5, 5.41) is 0.0926. The molecule has 0 aromatic heterocycles. The first-order valence-corrected chi connectivity index (χ1v) is 17.9. The highest BCUT2D eigenvalue weighted by atomic mass is 28.4. The third kappa shape index (κ3) is 9.35. The first kappa shape index (κ1) is 31.2. The number of amides is 1. The van der Waals surface area contributed by atoms with Gasteiger partial charge in [0.1, 0.15) is 6.61 Å². The molecule has 3 rings (SSSR count). The Labute approximate surface area is 238 Å². The van der Waals surface area contributed by atoms with Crippen LogP contribution in [0.3, 0.4) is 0 Å². The van der Waals surface area contributed by atoms with Gasteiger partial charge in [-0.05, 0) is 54.9 Å². The fraction of sp³-hybridized carbons (Fsp3) is 0.559. The first-order valence-electron chi connectivity index (χ1n) is 15.0. The van der Waals surface area contributed by atoms with Gasteiger partial charge in [0.05, 0.1) is 18.2 Å². The van der Waals surface area contributed by atoms with Crippen LogP contribution in [-0.4, -0.2) is 37.5 Å². The van der Waals surface area contributed by atoms with Gasteiger partial charge in [-0.2, -0.15) is 0 Å². The van der Waals surface area contributed by atoms with Crippen molar-refractivity contribution in [2.24, 2.45) is 0 Å². The van der Waals surface area contributed by atoms with Crippen molar-refractivity contribution in [1.82, 2.24) is 4.90 Å². The predicted molar refractivity (Wildman–Crippen MR) is 165 cm³/mol. The zero-order chi connectivity index (χ0) is 28.3. The van der Waals surface area contributed by atoms with E-state index in [9.17, 15) is 4.79 Å². The van der Waals surface area contributed by atoms with Gasteiger partial charge in [-0.15, -0.1) is 0 Å². The second-order valence-electron chi connectivity index (χ2n) is 12.6. The van der Waals surface area contributed by atoms with Crippen molar-refractivity contribution >= 4 is 14.4 Å². The lowest BCUT2D eigenvalue weighted by Gasteiger charge is -2.40. The van der Waals surface area contributed by atoms with Crippen LogP contribution in [0.15, 0.2) is 72.8 Å². The fourth-order valence-corrected chi connectivity index (χ4v) is 6.42. The molecule has 1 fully saturated rings. The average molecular weight is 550 g/mol. The van der Waals surface area contributed by atoms with Gasteiger partial charge in [-0.1, -0.05) is 126 Å². The van der Waals surface area contributed by atoms with Gasteiger partial charge in [-0.3, -0.25) is 4.90 Å². The molecule has 0 unspecified atom stereocenters. The van der Waals surface area contributed by atoms with Crippen molar-refractivity contribution in [3.63, 3.8) is 0 Å². The molecule has 0 N–H and O–H groups in total. The third-order valence-electron chi connectivity index (χ3n) is 8.41. The van der Waals surface area contributed by atoms with E-state index in [1.165, 1.54) is 37.7 Å². The highest BCUT2D eigenvalue weighted by Crippen LogP contribution is 2.41. The Morgan fingerprint density at radius 1 is 0.949 bits per heavy atom. The fourth-order valence-electron chi connectivity index (χ4n) is 5.06. The smallest absolute Gasteiger partial charge is 0.410 e. The Hall–Kier alpha value is -2.37. The molecule has 214 valence electrons. The molecule has 1 aliphatic heterocycles. The lowest BCUT2D eigenvalue weighted by atomic mass is 10.0. The molecule has 4 nitrogen and oxygen atoms in total. The van der Waals surface area contributed by atoms with Crippen LogP contribution < -0.4 is 0 Å². The number of ether oxygens (including phenoxy) is 1. The summed E-state index contributed by atoms with van der Waals surface area (Å²) in [6.45, 7) is 14.0. The van der Waals surface area contributed by atoms with E-state index >= 15 is 0 Å². The van der Waals surface area contributed by atoms with Crippen LogP contribution in [0.2, 0.25) is 18.1 Å². The highest BCUT2D eigenvalue weighted by molar-refractivity contribution is 6.74. The number of carbonyl (C=O) groups is 1. The minimum absolute atomic E-state index is 0.0328. The molecule has 2 aromatic rings. The molecule has 0 spiro atoms. The van der Waals surface area contributed by atoms with Gasteiger partial charge in [0, 0.05) is 0 Å². The third-order valence-corrected chi connectivity index (χ3v) is 12.9. The van der Waals surface area contributed by atoms with Crippen molar-refractivity contribution in [3.05, 3.63) is 83.9 Å². The number of unbranched alkanes of at least 4 members (excludes halogenated alkanes) is 5. The number of hydrogen-bond donors (Lipinski definition) is 0. The van der Waals surface area contributed by atoms with Crippen LogP contribution in [0.1, 0.15) is 83.8 Å². The average Bonchev–Trinajstić information content (AvgIpc) is 3.23. The number of carbonyl (C=O) groups excluding carboxylic acids is 1. The van der Waals surface area contributed by atoms with E-state index in [0.29, 0.717) is 0 Å². The van der Waals surface area contributed by atoms with E-state index in [4.69, 9.17) is 9.16 Å². The van der Waals surface area contributed by atoms with Crippen LogP contribution >= 0.6 is 0 Å². The second kappa shape index (κ2) is 14.9. The van der Waals surface area contributed by atoms with E-state index in [1.54, 1.807) is 0 Å². The van der Waals surface area contributed by atoms with Crippen molar-refractivity contribution in [2.75, 3.05) is 0 Å². The van der Waals surface area contributed by atoms with Crippen molar-refractivity contribution < 1.29 is 14.0 Å². The molecule has 5 heteroatoms. The van der Waals surface area contributed by atoms with Crippen LogP contribution in [0, 0.1) is 0 Å². The molecule has 1 heterocycles. The number of benzene rings is 2. The highest BCUT2D eigenvalue weighted by Gasteiger charge is 2.48. The van der Waals surface area contributed by atoms with E-state index in [2.05, 4.69) is 77.2 Å². The van der Waals surface area contributed by atoms with Crippen LogP contribution in [0.5, 0.6) is 0 Å². The Morgan fingerprint density at radius 2 is 1.56 bits per heavy atom. The van der Waals surface area contributed by atoms with Crippen LogP contribution in [-0.2, 0) is 22.2 Å². The summed E-state index contributed by atoms with van der Waals surface area (Å²) in [5.41, 5.74) is 2.21.